The van der Waals surface area contributed by atoms with Crippen LogP contribution in [0.5, 0.6) is 0 Å². The van der Waals surface area contributed by atoms with Gasteiger partial charge in [0.15, 0.2) is 0 Å². The van der Waals surface area contributed by atoms with Crippen LogP contribution in [0.2, 0.25) is 0 Å². The second kappa shape index (κ2) is 4.21. The molecule has 16 heavy (non-hydrogen) atoms. The van der Waals surface area contributed by atoms with Crippen LogP contribution in [0, 0.1) is 34.0 Å². The first-order valence-corrected chi connectivity index (χ1v) is 4.39. The first kappa shape index (κ1) is 11.4. The molecule has 0 saturated carbocycles. The molecule has 0 aromatic heterocycles. The highest BCUT2D eigenvalue weighted by Crippen LogP contribution is 2.29. The number of rotatable bonds is 1. The van der Waals surface area contributed by atoms with Crippen LogP contribution in [0.25, 0.3) is 0 Å². The smallest absolute Gasteiger partial charge is 0.236 e. The van der Waals surface area contributed by atoms with Crippen LogP contribution in [-0.4, -0.2) is 11.6 Å². The van der Waals surface area contributed by atoms with Crippen LogP contribution in [0.3, 0.4) is 0 Å². The Balaban J connectivity index is 3.65. The highest BCUT2D eigenvalue weighted by Gasteiger charge is 2.37. The Morgan fingerprint density at radius 1 is 1.12 bits per heavy atom. The van der Waals surface area contributed by atoms with Crippen molar-refractivity contribution >= 4 is 11.6 Å². The zero-order valence-electron chi connectivity index (χ0n) is 8.37. The van der Waals surface area contributed by atoms with E-state index >= 15 is 0 Å². The third kappa shape index (κ3) is 1.39. The van der Waals surface area contributed by atoms with E-state index in [2.05, 4.69) is 0 Å². The van der Waals surface area contributed by atoms with Gasteiger partial charge in [0, 0.05) is 5.57 Å². The maximum atomic E-state index is 11.5. The first-order valence-electron chi connectivity index (χ1n) is 4.39. The molecule has 0 unspecified atom stereocenters. The van der Waals surface area contributed by atoms with E-state index in [1.807, 2.05) is 0 Å². The fourth-order valence-electron chi connectivity index (χ4n) is 1.46. The maximum Gasteiger partial charge on any atom is 0.236 e. The molecule has 5 nitrogen and oxygen atoms in total. The molecule has 1 rings (SSSR count). The zero-order chi connectivity index (χ0) is 12.3. The van der Waals surface area contributed by atoms with E-state index in [1.165, 1.54) is 12.1 Å². The number of hydrogen-bond acceptors (Lipinski definition) is 5. The summed E-state index contributed by atoms with van der Waals surface area (Å²) in [5.41, 5.74) is -0.909. The van der Waals surface area contributed by atoms with Crippen molar-refractivity contribution in [2.45, 2.75) is 13.3 Å². The number of ketones is 2. The summed E-state index contributed by atoms with van der Waals surface area (Å²) in [6, 6.07) is 4.73. The molecular weight excluding hydrogens is 206 g/mol. The van der Waals surface area contributed by atoms with Gasteiger partial charge < -0.3 is 0 Å². The number of allylic oxidation sites excluding steroid dienone is 4. The van der Waals surface area contributed by atoms with E-state index in [0.717, 1.165) is 0 Å². The predicted molar refractivity (Wildman–Crippen MR) is 51.2 cm³/mol. The lowest BCUT2D eigenvalue weighted by molar-refractivity contribution is -0.131. The average Bonchev–Trinajstić information content (AvgIpc) is 2.54. The van der Waals surface area contributed by atoms with Crippen LogP contribution in [-0.2, 0) is 9.59 Å². The van der Waals surface area contributed by atoms with E-state index in [0.29, 0.717) is 0 Å². The zero-order valence-corrected chi connectivity index (χ0v) is 8.37. The van der Waals surface area contributed by atoms with Crippen LogP contribution in [0.1, 0.15) is 13.3 Å². The van der Waals surface area contributed by atoms with Crippen molar-refractivity contribution in [3.63, 3.8) is 0 Å². The second-order valence-electron chi connectivity index (χ2n) is 2.95. The van der Waals surface area contributed by atoms with Crippen molar-refractivity contribution in [3.05, 3.63) is 22.3 Å². The second-order valence-corrected chi connectivity index (χ2v) is 2.95. The summed E-state index contributed by atoms with van der Waals surface area (Å²) in [5, 5.41) is 26.1. The molecule has 0 aromatic rings. The predicted octanol–water partition coefficient (Wildman–Crippen LogP) is 0.712. The van der Waals surface area contributed by atoms with E-state index in [9.17, 15) is 9.59 Å². The molecule has 0 N–H and O–H groups in total. The van der Waals surface area contributed by atoms with Crippen molar-refractivity contribution < 1.29 is 9.59 Å². The van der Waals surface area contributed by atoms with E-state index in [4.69, 9.17) is 15.8 Å². The van der Waals surface area contributed by atoms with Crippen LogP contribution < -0.4 is 0 Å². The molecule has 0 fully saturated rings. The third-order valence-corrected chi connectivity index (χ3v) is 2.20. The Morgan fingerprint density at radius 2 is 1.69 bits per heavy atom. The third-order valence-electron chi connectivity index (χ3n) is 2.20. The highest BCUT2D eigenvalue weighted by atomic mass is 16.2. The maximum absolute atomic E-state index is 11.5. The normalized spacial score (nSPS) is 14.5. The molecule has 0 aliphatic heterocycles. The van der Waals surface area contributed by atoms with Gasteiger partial charge in [0.2, 0.25) is 11.6 Å². The van der Waals surface area contributed by atoms with Crippen molar-refractivity contribution in [2.24, 2.45) is 0 Å². The summed E-state index contributed by atoms with van der Waals surface area (Å²) in [4.78, 5) is 22.9. The van der Waals surface area contributed by atoms with Crippen molar-refractivity contribution in [1.82, 2.24) is 0 Å². The lowest BCUT2D eigenvalue weighted by atomic mass is 10.0. The Kier molecular flexibility index (Phi) is 2.99. The Hall–Kier alpha value is -2.71. The van der Waals surface area contributed by atoms with Gasteiger partial charge in [0.05, 0.1) is 11.1 Å². The molecule has 76 valence electrons. The summed E-state index contributed by atoms with van der Waals surface area (Å²) in [6.07, 6.45) is 0.223. The number of nitriles is 3. The van der Waals surface area contributed by atoms with E-state index in [1.54, 1.807) is 13.0 Å². The topological polar surface area (TPSA) is 106 Å². The molecular formula is C11H5N3O2. The molecule has 0 atom stereocenters. The Labute approximate surface area is 91.5 Å². The lowest BCUT2D eigenvalue weighted by Crippen LogP contribution is -2.10. The summed E-state index contributed by atoms with van der Waals surface area (Å²) >= 11 is 0. The van der Waals surface area contributed by atoms with Crippen molar-refractivity contribution in [2.75, 3.05) is 0 Å². The Bertz CT molecular complexity index is 558. The van der Waals surface area contributed by atoms with E-state index < -0.39 is 17.1 Å². The average molecular weight is 211 g/mol. The largest absolute Gasteiger partial charge is 0.285 e. The minimum atomic E-state index is -0.938. The summed E-state index contributed by atoms with van der Waals surface area (Å²) in [5.74, 6) is -1.73. The summed E-state index contributed by atoms with van der Waals surface area (Å²) in [7, 11) is 0. The summed E-state index contributed by atoms with van der Waals surface area (Å²) < 4.78 is 0. The number of nitrogens with zero attached hydrogens (tertiary/aromatic N) is 3. The number of carbonyl (C=O) groups is 2. The van der Waals surface area contributed by atoms with Crippen LogP contribution >= 0.6 is 0 Å². The monoisotopic (exact) mass is 211 g/mol. The minimum absolute atomic E-state index is 0.0745. The number of Topliss-reactive ketones (excluding diaryl/α,β-unsaturated/α-hetero) is 2. The highest BCUT2D eigenvalue weighted by molar-refractivity contribution is 6.54. The standard InChI is InChI=1S/C11H5N3O2/c1-2-7-8(5-14)9(6(3-12)4-13)11(16)10(7)15/h2H2,1H3. The van der Waals surface area contributed by atoms with Gasteiger partial charge in [-0.15, -0.1) is 0 Å². The molecule has 0 bridgehead atoms. The van der Waals surface area contributed by atoms with Crippen LogP contribution in [0.15, 0.2) is 22.3 Å². The van der Waals surface area contributed by atoms with E-state index in [-0.39, 0.29) is 23.1 Å². The SMILES string of the molecule is CCC1=C(C#N)C(=C(C#N)C#N)C(=O)C1=O. The van der Waals surface area contributed by atoms with Gasteiger partial charge >= 0.3 is 0 Å². The van der Waals surface area contributed by atoms with Gasteiger partial charge in [-0.2, -0.15) is 15.8 Å². The molecule has 0 spiro atoms. The molecule has 0 amide bonds. The molecule has 0 aromatic carbocycles. The quantitative estimate of drug-likeness (QED) is 0.360. The Morgan fingerprint density at radius 3 is 2.06 bits per heavy atom. The van der Waals surface area contributed by atoms with Gasteiger partial charge in [0.25, 0.3) is 0 Å². The summed E-state index contributed by atoms with van der Waals surface area (Å²) in [6.45, 7) is 1.62. The molecule has 0 heterocycles. The van der Waals surface area contributed by atoms with Crippen molar-refractivity contribution in [1.29, 1.82) is 15.8 Å². The van der Waals surface area contributed by atoms with Gasteiger partial charge in [-0.05, 0) is 6.42 Å². The molecule has 0 saturated heterocycles. The lowest BCUT2D eigenvalue weighted by Gasteiger charge is -1.93. The first-order chi connectivity index (χ1) is 7.62. The fourth-order valence-corrected chi connectivity index (χ4v) is 1.46. The van der Waals surface area contributed by atoms with Gasteiger partial charge in [-0.3, -0.25) is 9.59 Å². The molecule has 1 aliphatic carbocycles. The fraction of sp³-hybridized carbons (Fsp3) is 0.182. The molecule has 1 aliphatic rings. The number of carbonyl (C=O) groups excluding carboxylic acids is 2. The van der Waals surface area contributed by atoms with Gasteiger partial charge in [0.1, 0.15) is 23.8 Å². The van der Waals surface area contributed by atoms with Crippen molar-refractivity contribution in [3.8, 4) is 18.2 Å². The van der Waals surface area contributed by atoms with Crippen LogP contribution in [0.4, 0.5) is 0 Å². The molecule has 0 radical (unpaired) electrons. The molecule has 5 heteroatoms. The van der Waals surface area contributed by atoms with Gasteiger partial charge in [-0.1, -0.05) is 6.92 Å². The minimum Gasteiger partial charge on any atom is -0.285 e. The van der Waals surface area contributed by atoms with Gasteiger partial charge in [-0.25, -0.2) is 0 Å². The number of hydrogen-bond donors (Lipinski definition) is 0.